The van der Waals surface area contributed by atoms with Crippen molar-refractivity contribution < 1.29 is 14.3 Å². The van der Waals surface area contributed by atoms with Crippen molar-refractivity contribution in [3.05, 3.63) is 36.0 Å². The van der Waals surface area contributed by atoms with Crippen molar-refractivity contribution in [1.82, 2.24) is 9.47 Å². The standard InChI is InChI=1S/C19H25N3O3/c1-14(23)22-7-4-17-11-15(2-3-18(17)22)10-16-12-21(6-5-19(20)24)8-9-25-13-16/h2-4,7,11,16H,5-6,8-10,12-13H2,1H3,(H2,20,24). The minimum atomic E-state index is -0.262. The smallest absolute Gasteiger partial charge is 0.227 e. The van der Waals surface area contributed by atoms with E-state index >= 15 is 0 Å². The van der Waals surface area contributed by atoms with Gasteiger partial charge >= 0.3 is 0 Å². The number of ether oxygens (including phenoxy) is 1. The Kier molecular flexibility index (Phi) is 5.50. The lowest BCUT2D eigenvalue weighted by molar-refractivity contribution is -0.118. The first kappa shape index (κ1) is 17.6. The van der Waals surface area contributed by atoms with Crippen molar-refractivity contribution in [3.8, 4) is 0 Å². The average Bonchev–Trinajstić information content (AvgIpc) is 2.86. The Balaban J connectivity index is 1.68. The summed E-state index contributed by atoms with van der Waals surface area (Å²) in [4.78, 5) is 24.9. The molecule has 134 valence electrons. The molecule has 1 unspecified atom stereocenters. The summed E-state index contributed by atoms with van der Waals surface area (Å²) < 4.78 is 7.40. The number of carbonyl (C=O) groups excluding carboxylic acids is 2. The van der Waals surface area contributed by atoms with Crippen LogP contribution in [0.4, 0.5) is 0 Å². The molecular weight excluding hydrogens is 318 g/mol. The van der Waals surface area contributed by atoms with Crippen molar-refractivity contribution in [2.45, 2.75) is 19.8 Å². The summed E-state index contributed by atoms with van der Waals surface area (Å²) >= 11 is 0. The largest absolute Gasteiger partial charge is 0.380 e. The van der Waals surface area contributed by atoms with Crippen molar-refractivity contribution in [2.75, 3.05) is 32.8 Å². The number of nitrogens with two attached hydrogens (primary N) is 1. The summed E-state index contributed by atoms with van der Waals surface area (Å²) in [6.07, 6.45) is 3.11. The normalized spacial score (nSPS) is 19.0. The third-order valence-corrected chi connectivity index (χ3v) is 4.71. The number of nitrogens with zero attached hydrogens (tertiary/aromatic N) is 2. The highest BCUT2D eigenvalue weighted by atomic mass is 16.5. The molecule has 2 N–H and O–H groups in total. The zero-order valence-corrected chi connectivity index (χ0v) is 14.6. The van der Waals surface area contributed by atoms with Crippen LogP contribution in [0.3, 0.4) is 0 Å². The minimum absolute atomic E-state index is 0.0185. The van der Waals surface area contributed by atoms with Crippen LogP contribution >= 0.6 is 0 Å². The molecule has 1 fully saturated rings. The molecule has 1 aliphatic heterocycles. The summed E-state index contributed by atoms with van der Waals surface area (Å²) in [6.45, 7) is 5.41. The fraction of sp³-hybridized carbons (Fsp3) is 0.474. The molecule has 1 aliphatic rings. The van der Waals surface area contributed by atoms with E-state index in [1.165, 1.54) is 5.56 Å². The first-order chi connectivity index (χ1) is 12.0. The second-order valence-electron chi connectivity index (χ2n) is 6.76. The lowest BCUT2D eigenvalue weighted by Gasteiger charge is -2.22. The third-order valence-electron chi connectivity index (χ3n) is 4.71. The van der Waals surface area contributed by atoms with Crippen molar-refractivity contribution in [1.29, 1.82) is 0 Å². The molecule has 6 heteroatoms. The monoisotopic (exact) mass is 343 g/mol. The molecule has 1 amide bonds. The van der Waals surface area contributed by atoms with Crippen LogP contribution in [0.5, 0.6) is 0 Å². The van der Waals surface area contributed by atoms with Crippen LogP contribution in [0.15, 0.2) is 30.5 Å². The van der Waals surface area contributed by atoms with Gasteiger partial charge in [0.05, 0.1) is 18.7 Å². The maximum Gasteiger partial charge on any atom is 0.227 e. The van der Waals surface area contributed by atoms with Gasteiger partial charge in [-0.2, -0.15) is 0 Å². The molecule has 2 aromatic rings. The molecule has 6 nitrogen and oxygen atoms in total. The Morgan fingerprint density at radius 1 is 1.32 bits per heavy atom. The Labute approximate surface area is 147 Å². The van der Waals surface area contributed by atoms with Crippen molar-refractivity contribution in [2.24, 2.45) is 11.7 Å². The quantitative estimate of drug-likeness (QED) is 0.896. The highest BCUT2D eigenvalue weighted by Gasteiger charge is 2.19. The highest BCUT2D eigenvalue weighted by Crippen LogP contribution is 2.21. The predicted molar refractivity (Wildman–Crippen MR) is 96.5 cm³/mol. The molecular formula is C19H25N3O3. The van der Waals surface area contributed by atoms with Gasteiger partial charge in [0.15, 0.2) is 0 Å². The van der Waals surface area contributed by atoms with E-state index < -0.39 is 0 Å². The van der Waals surface area contributed by atoms with Gasteiger partial charge in [0.2, 0.25) is 11.8 Å². The molecule has 1 aromatic heterocycles. The molecule has 0 radical (unpaired) electrons. The zero-order valence-electron chi connectivity index (χ0n) is 14.6. The Morgan fingerprint density at radius 2 is 2.16 bits per heavy atom. The number of benzene rings is 1. The van der Waals surface area contributed by atoms with E-state index in [-0.39, 0.29) is 11.8 Å². The molecule has 1 aromatic carbocycles. The minimum Gasteiger partial charge on any atom is -0.380 e. The fourth-order valence-electron chi connectivity index (χ4n) is 3.47. The van der Waals surface area contributed by atoms with E-state index in [4.69, 9.17) is 10.5 Å². The van der Waals surface area contributed by atoms with E-state index in [0.29, 0.717) is 25.5 Å². The van der Waals surface area contributed by atoms with Crippen molar-refractivity contribution >= 4 is 22.7 Å². The second-order valence-corrected chi connectivity index (χ2v) is 6.76. The van der Waals surface area contributed by atoms with Crippen LogP contribution in [0.25, 0.3) is 10.9 Å². The number of hydrogen-bond acceptors (Lipinski definition) is 4. The van der Waals surface area contributed by atoms with E-state index in [2.05, 4.69) is 17.0 Å². The van der Waals surface area contributed by atoms with Gasteiger partial charge in [-0.25, -0.2) is 0 Å². The van der Waals surface area contributed by atoms with Crippen LogP contribution in [0.2, 0.25) is 0 Å². The van der Waals surface area contributed by atoms with Crippen LogP contribution in [0, 0.1) is 5.92 Å². The Hall–Kier alpha value is -2.18. The molecule has 0 saturated carbocycles. The zero-order chi connectivity index (χ0) is 17.8. The van der Waals surface area contributed by atoms with Gasteiger partial charge in [-0.05, 0) is 36.1 Å². The second kappa shape index (κ2) is 7.80. The third kappa shape index (κ3) is 4.46. The highest BCUT2D eigenvalue weighted by molar-refractivity contribution is 5.91. The molecule has 0 spiro atoms. The van der Waals surface area contributed by atoms with Gasteiger partial charge in [-0.3, -0.25) is 14.2 Å². The summed E-state index contributed by atoms with van der Waals surface area (Å²) in [7, 11) is 0. The summed E-state index contributed by atoms with van der Waals surface area (Å²) in [5.74, 6) is 0.134. The number of aromatic nitrogens is 1. The molecule has 2 heterocycles. The van der Waals surface area contributed by atoms with Gasteiger partial charge in [0.25, 0.3) is 0 Å². The number of fused-ring (bicyclic) bond motifs is 1. The van der Waals surface area contributed by atoms with Crippen LogP contribution in [0.1, 0.15) is 23.7 Å². The van der Waals surface area contributed by atoms with Gasteiger partial charge < -0.3 is 15.4 Å². The number of carbonyl (C=O) groups is 2. The van der Waals surface area contributed by atoms with Crippen LogP contribution in [-0.2, 0) is 16.0 Å². The summed E-state index contributed by atoms with van der Waals surface area (Å²) in [5.41, 5.74) is 7.44. The molecule has 0 aliphatic carbocycles. The van der Waals surface area contributed by atoms with E-state index in [1.807, 2.05) is 18.3 Å². The number of amides is 1. The summed E-state index contributed by atoms with van der Waals surface area (Å²) in [5, 5.41) is 1.08. The molecule has 25 heavy (non-hydrogen) atoms. The SMILES string of the molecule is CC(=O)n1ccc2cc(CC3COCCN(CCC(N)=O)C3)ccc21. The van der Waals surface area contributed by atoms with Crippen LogP contribution in [-0.4, -0.2) is 54.1 Å². The number of rotatable bonds is 5. The van der Waals surface area contributed by atoms with E-state index in [0.717, 1.165) is 37.0 Å². The van der Waals surface area contributed by atoms with Gasteiger partial charge in [0.1, 0.15) is 0 Å². The Morgan fingerprint density at radius 3 is 2.92 bits per heavy atom. The van der Waals surface area contributed by atoms with Gasteiger partial charge in [-0.1, -0.05) is 6.07 Å². The maximum atomic E-state index is 11.6. The van der Waals surface area contributed by atoms with Crippen molar-refractivity contribution in [3.63, 3.8) is 0 Å². The molecule has 0 bridgehead atoms. The van der Waals surface area contributed by atoms with E-state index in [1.54, 1.807) is 11.5 Å². The average molecular weight is 343 g/mol. The predicted octanol–water partition coefficient (Wildman–Crippen LogP) is 1.67. The van der Waals surface area contributed by atoms with Gasteiger partial charge in [-0.15, -0.1) is 0 Å². The number of primary amides is 1. The molecule has 1 atom stereocenters. The first-order valence-corrected chi connectivity index (χ1v) is 8.72. The fourth-order valence-corrected chi connectivity index (χ4v) is 3.47. The van der Waals surface area contributed by atoms with Gasteiger partial charge in [0, 0.05) is 44.6 Å². The molecule has 3 rings (SSSR count). The topological polar surface area (TPSA) is 77.6 Å². The van der Waals surface area contributed by atoms with E-state index in [9.17, 15) is 9.59 Å². The van der Waals surface area contributed by atoms with Crippen LogP contribution < -0.4 is 5.73 Å². The molecule has 1 saturated heterocycles. The Bertz CT molecular complexity index is 768. The lowest BCUT2D eigenvalue weighted by Crippen LogP contribution is -2.33. The summed E-state index contributed by atoms with van der Waals surface area (Å²) in [6, 6.07) is 8.21. The maximum absolute atomic E-state index is 11.6. The lowest BCUT2D eigenvalue weighted by atomic mass is 9.98. The first-order valence-electron chi connectivity index (χ1n) is 8.72. The number of hydrogen-bond donors (Lipinski definition) is 1.